The number of methoxy groups -OCH3 is 1. The summed E-state index contributed by atoms with van der Waals surface area (Å²) >= 11 is 0. The van der Waals surface area contributed by atoms with E-state index in [2.05, 4.69) is 15.7 Å². The van der Waals surface area contributed by atoms with Gasteiger partial charge in [-0.15, -0.1) is 0 Å². The van der Waals surface area contributed by atoms with Crippen LogP contribution >= 0.6 is 0 Å². The van der Waals surface area contributed by atoms with Gasteiger partial charge < -0.3 is 15.4 Å². The molecule has 0 spiro atoms. The zero-order chi connectivity index (χ0) is 24.9. The lowest BCUT2D eigenvalue weighted by Crippen LogP contribution is -2.33. The van der Waals surface area contributed by atoms with Crippen LogP contribution < -0.4 is 15.4 Å². The van der Waals surface area contributed by atoms with E-state index in [1.807, 2.05) is 30.3 Å². The molecule has 10 heteroatoms. The van der Waals surface area contributed by atoms with Crippen LogP contribution in [-0.4, -0.2) is 35.2 Å². The van der Waals surface area contributed by atoms with Gasteiger partial charge in [0, 0.05) is 11.8 Å². The fraction of sp³-hybridized carbons (Fsp3) is 0.0800. The summed E-state index contributed by atoms with van der Waals surface area (Å²) in [4.78, 5) is 25.3. The van der Waals surface area contributed by atoms with Crippen LogP contribution in [-0.2, 0) is 4.79 Å². The van der Waals surface area contributed by atoms with Gasteiger partial charge in [0.25, 0.3) is 5.91 Å². The normalized spacial score (nSPS) is 10.6. The number of anilines is 1. The number of nitrogens with one attached hydrogen (secondary N) is 2. The van der Waals surface area contributed by atoms with E-state index in [-0.39, 0.29) is 5.56 Å². The van der Waals surface area contributed by atoms with E-state index >= 15 is 0 Å². The number of aromatic nitrogens is 2. The second-order valence-corrected chi connectivity index (χ2v) is 7.33. The monoisotopic (exact) mass is 480 g/mol. The van der Waals surface area contributed by atoms with Crippen molar-refractivity contribution < 1.29 is 27.5 Å². The second kappa shape index (κ2) is 10.1. The van der Waals surface area contributed by atoms with Gasteiger partial charge in [-0.1, -0.05) is 30.3 Å². The maximum absolute atomic E-state index is 13.8. The highest BCUT2D eigenvalue weighted by atomic mass is 19.2. The third kappa shape index (κ3) is 5.01. The molecule has 1 heterocycles. The van der Waals surface area contributed by atoms with Crippen LogP contribution in [0, 0.1) is 17.5 Å². The number of hydrogen-bond donors (Lipinski definition) is 2. The molecule has 0 saturated carbocycles. The van der Waals surface area contributed by atoms with Crippen molar-refractivity contribution in [2.24, 2.45) is 0 Å². The molecule has 0 radical (unpaired) electrons. The van der Waals surface area contributed by atoms with Crippen molar-refractivity contribution >= 4 is 17.5 Å². The lowest BCUT2D eigenvalue weighted by molar-refractivity contribution is -0.115. The molecule has 0 unspecified atom stereocenters. The fourth-order valence-corrected chi connectivity index (χ4v) is 3.36. The van der Waals surface area contributed by atoms with Gasteiger partial charge in [-0.05, 0) is 36.4 Å². The first kappa shape index (κ1) is 23.6. The molecule has 178 valence electrons. The van der Waals surface area contributed by atoms with Crippen LogP contribution in [0.15, 0.2) is 72.9 Å². The molecule has 1 aromatic heterocycles. The Morgan fingerprint density at radius 3 is 2.40 bits per heavy atom. The second-order valence-electron chi connectivity index (χ2n) is 7.33. The van der Waals surface area contributed by atoms with Gasteiger partial charge in [0.15, 0.2) is 17.5 Å². The highest BCUT2D eigenvalue weighted by molar-refractivity contribution is 6.03. The van der Waals surface area contributed by atoms with Gasteiger partial charge in [0.2, 0.25) is 5.91 Å². The minimum absolute atomic E-state index is 0.158. The molecular formula is C25H19F3N4O3. The van der Waals surface area contributed by atoms with Crippen molar-refractivity contribution in [2.75, 3.05) is 19.0 Å². The highest BCUT2D eigenvalue weighted by Gasteiger charge is 2.22. The minimum atomic E-state index is -1.71. The lowest BCUT2D eigenvalue weighted by Gasteiger charge is -2.09. The topological polar surface area (TPSA) is 85.2 Å². The standard InChI is InChI=1S/C25H19F3N4O3/c1-35-20-10-6-5-9-16(20)24-17(14-32(31-24)15-7-3-2-4-8-15)25(34)29-13-21(33)30-19-12-11-18(26)22(27)23(19)28/h2-12,14H,13H2,1H3,(H,29,34)(H,30,33). The molecule has 0 aliphatic rings. The summed E-state index contributed by atoms with van der Waals surface area (Å²) in [6, 6.07) is 17.7. The summed E-state index contributed by atoms with van der Waals surface area (Å²) in [6.07, 6.45) is 1.51. The Bertz CT molecular complexity index is 1390. The van der Waals surface area contributed by atoms with Gasteiger partial charge in [-0.2, -0.15) is 5.10 Å². The Balaban J connectivity index is 1.58. The SMILES string of the molecule is COc1ccccc1-c1nn(-c2ccccc2)cc1C(=O)NCC(=O)Nc1ccc(F)c(F)c1F. The van der Waals surface area contributed by atoms with E-state index < -0.39 is 41.5 Å². The summed E-state index contributed by atoms with van der Waals surface area (Å²) in [5, 5.41) is 9.10. The number of amides is 2. The number of hydrogen-bond acceptors (Lipinski definition) is 4. The average molecular weight is 480 g/mol. The molecule has 3 aromatic carbocycles. The van der Waals surface area contributed by atoms with Crippen molar-refractivity contribution in [3.05, 3.63) is 95.9 Å². The lowest BCUT2D eigenvalue weighted by atomic mass is 10.1. The van der Waals surface area contributed by atoms with Gasteiger partial charge in [-0.25, -0.2) is 17.9 Å². The van der Waals surface area contributed by atoms with Crippen LogP contribution in [0.25, 0.3) is 16.9 Å². The summed E-state index contributed by atoms with van der Waals surface area (Å²) in [6.45, 7) is -0.556. The van der Waals surface area contributed by atoms with Crippen molar-refractivity contribution in [3.63, 3.8) is 0 Å². The van der Waals surface area contributed by atoms with E-state index in [4.69, 9.17) is 4.74 Å². The van der Waals surface area contributed by atoms with E-state index in [1.54, 1.807) is 24.3 Å². The maximum atomic E-state index is 13.8. The predicted molar refractivity (Wildman–Crippen MR) is 123 cm³/mol. The first-order valence-corrected chi connectivity index (χ1v) is 10.4. The van der Waals surface area contributed by atoms with Crippen molar-refractivity contribution in [1.82, 2.24) is 15.1 Å². The molecule has 0 aliphatic heterocycles. The third-order valence-corrected chi connectivity index (χ3v) is 5.06. The maximum Gasteiger partial charge on any atom is 0.255 e. The van der Waals surface area contributed by atoms with Gasteiger partial charge in [-0.3, -0.25) is 9.59 Å². The Kier molecular flexibility index (Phi) is 6.81. The molecule has 4 rings (SSSR count). The Labute approximate surface area is 198 Å². The van der Waals surface area contributed by atoms with Crippen molar-refractivity contribution in [1.29, 1.82) is 0 Å². The zero-order valence-corrected chi connectivity index (χ0v) is 18.4. The fourth-order valence-electron chi connectivity index (χ4n) is 3.36. The van der Waals surface area contributed by atoms with Crippen LogP contribution in [0.2, 0.25) is 0 Å². The molecule has 7 nitrogen and oxygen atoms in total. The van der Waals surface area contributed by atoms with Crippen LogP contribution in [0.5, 0.6) is 5.75 Å². The summed E-state index contributed by atoms with van der Waals surface area (Å²) in [5.74, 6) is -5.60. The van der Waals surface area contributed by atoms with Gasteiger partial charge in [0.1, 0.15) is 11.4 Å². The molecule has 0 bridgehead atoms. The number of carbonyl (C=O) groups excluding carboxylic acids is 2. The quantitative estimate of drug-likeness (QED) is 0.386. The molecule has 0 fully saturated rings. The zero-order valence-electron chi connectivity index (χ0n) is 18.4. The first-order valence-electron chi connectivity index (χ1n) is 10.4. The van der Waals surface area contributed by atoms with Gasteiger partial charge in [0.05, 0.1) is 30.6 Å². The highest BCUT2D eigenvalue weighted by Crippen LogP contribution is 2.31. The van der Waals surface area contributed by atoms with Crippen LogP contribution in [0.3, 0.4) is 0 Å². The Morgan fingerprint density at radius 2 is 1.66 bits per heavy atom. The van der Waals surface area contributed by atoms with E-state index in [1.165, 1.54) is 18.0 Å². The Morgan fingerprint density at radius 1 is 0.943 bits per heavy atom. The minimum Gasteiger partial charge on any atom is -0.496 e. The first-order chi connectivity index (χ1) is 16.9. The van der Waals surface area contributed by atoms with Crippen molar-refractivity contribution in [3.8, 4) is 22.7 Å². The van der Waals surface area contributed by atoms with Gasteiger partial charge >= 0.3 is 0 Å². The van der Waals surface area contributed by atoms with Crippen LogP contribution in [0.4, 0.5) is 18.9 Å². The number of halogens is 3. The third-order valence-electron chi connectivity index (χ3n) is 5.06. The molecule has 35 heavy (non-hydrogen) atoms. The summed E-state index contributed by atoms with van der Waals surface area (Å²) < 4.78 is 47.2. The molecule has 0 atom stereocenters. The number of nitrogens with zero attached hydrogens (tertiary/aromatic N) is 2. The number of ether oxygens (including phenoxy) is 1. The number of carbonyl (C=O) groups is 2. The van der Waals surface area contributed by atoms with Crippen molar-refractivity contribution in [2.45, 2.75) is 0 Å². The molecule has 0 aliphatic carbocycles. The molecular weight excluding hydrogens is 461 g/mol. The average Bonchev–Trinajstić information content (AvgIpc) is 3.33. The summed E-state index contributed by atoms with van der Waals surface area (Å²) in [7, 11) is 1.49. The summed E-state index contributed by atoms with van der Waals surface area (Å²) in [5.41, 5.74) is 1.19. The number of para-hydroxylation sites is 2. The predicted octanol–water partition coefficient (Wildman–Crippen LogP) is 4.33. The van der Waals surface area contributed by atoms with E-state index in [9.17, 15) is 22.8 Å². The molecule has 2 N–H and O–H groups in total. The molecule has 2 amide bonds. The molecule has 0 saturated heterocycles. The largest absolute Gasteiger partial charge is 0.496 e. The number of benzene rings is 3. The van der Waals surface area contributed by atoms with Crippen LogP contribution in [0.1, 0.15) is 10.4 Å². The smallest absolute Gasteiger partial charge is 0.255 e. The molecule has 4 aromatic rings. The Hall–Kier alpha value is -4.60. The van der Waals surface area contributed by atoms with E-state index in [0.717, 1.165) is 6.07 Å². The number of rotatable bonds is 7. The van der Waals surface area contributed by atoms with E-state index in [0.29, 0.717) is 28.8 Å².